The van der Waals surface area contributed by atoms with E-state index in [-0.39, 0.29) is 23.4 Å². The normalized spacial score (nSPS) is 14.8. The Morgan fingerprint density at radius 2 is 1.97 bits per heavy atom. The van der Waals surface area contributed by atoms with Gasteiger partial charge in [0.15, 0.2) is 0 Å². The molecule has 4 rings (SSSR count). The third kappa shape index (κ3) is 4.70. The minimum atomic E-state index is -0.331. The standard InChI is InChI=1S/C27H32ClN3O2/c1-4-5-8-16-30(26(32)20-10-9-11-20)19(3)25-29-23-13-7-6-12-22(23)27(33)31(25)24-15-14-21(28)17-18(24)2/h6-7,12-15,17,19-20H,4-5,8-11,16H2,1-3H3. The second-order valence-electron chi connectivity index (χ2n) is 9.10. The zero-order valence-corrected chi connectivity index (χ0v) is 20.4. The van der Waals surface area contributed by atoms with Crippen LogP contribution in [0.2, 0.25) is 5.02 Å². The van der Waals surface area contributed by atoms with Crippen LogP contribution >= 0.6 is 11.6 Å². The molecule has 0 saturated heterocycles. The van der Waals surface area contributed by atoms with Crippen LogP contribution in [-0.4, -0.2) is 26.9 Å². The molecule has 3 aromatic rings. The minimum absolute atomic E-state index is 0.0898. The number of amides is 1. The minimum Gasteiger partial charge on any atom is -0.333 e. The van der Waals surface area contributed by atoms with E-state index in [1.807, 2.05) is 49.1 Å². The summed E-state index contributed by atoms with van der Waals surface area (Å²) >= 11 is 6.21. The van der Waals surface area contributed by atoms with Crippen LogP contribution < -0.4 is 5.56 Å². The molecule has 1 aromatic heterocycles. The van der Waals surface area contributed by atoms with E-state index < -0.39 is 0 Å². The maximum absolute atomic E-state index is 13.7. The Hall–Kier alpha value is -2.66. The van der Waals surface area contributed by atoms with Crippen LogP contribution in [0.15, 0.2) is 47.3 Å². The van der Waals surface area contributed by atoms with Crippen molar-refractivity contribution < 1.29 is 4.79 Å². The monoisotopic (exact) mass is 465 g/mol. The van der Waals surface area contributed by atoms with Gasteiger partial charge >= 0.3 is 0 Å². The van der Waals surface area contributed by atoms with Gasteiger partial charge in [0, 0.05) is 17.5 Å². The molecule has 174 valence electrons. The number of fused-ring (bicyclic) bond motifs is 1. The number of nitrogens with zero attached hydrogens (tertiary/aromatic N) is 3. The van der Waals surface area contributed by atoms with Gasteiger partial charge in [0.1, 0.15) is 5.82 Å². The molecule has 2 aromatic carbocycles. The van der Waals surface area contributed by atoms with Crippen LogP contribution in [0, 0.1) is 12.8 Å². The number of aromatic nitrogens is 2. The van der Waals surface area contributed by atoms with Gasteiger partial charge in [-0.05, 0) is 69.0 Å². The lowest BCUT2D eigenvalue weighted by atomic mass is 9.84. The molecule has 6 heteroatoms. The van der Waals surface area contributed by atoms with Gasteiger partial charge in [-0.25, -0.2) is 4.98 Å². The number of carbonyl (C=O) groups excluding carboxylic acids is 1. The van der Waals surface area contributed by atoms with Crippen LogP contribution in [0.3, 0.4) is 0 Å². The average molecular weight is 466 g/mol. The quantitative estimate of drug-likeness (QED) is 0.370. The van der Waals surface area contributed by atoms with Crippen LogP contribution in [-0.2, 0) is 4.79 Å². The first-order chi connectivity index (χ1) is 15.9. The predicted molar refractivity (Wildman–Crippen MR) is 134 cm³/mol. The Labute approximate surface area is 200 Å². The number of unbranched alkanes of at least 4 members (excludes halogenated alkanes) is 2. The van der Waals surface area contributed by atoms with E-state index >= 15 is 0 Å². The molecule has 1 atom stereocenters. The Morgan fingerprint density at radius 1 is 1.21 bits per heavy atom. The first kappa shape index (κ1) is 23.5. The number of benzene rings is 2. The van der Waals surface area contributed by atoms with Gasteiger partial charge in [-0.3, -0.25) is 14.2 Å². The van der Waals surface area contributed by atoms with Crippen molar-refractivity contribution in [2.75, 3.05) is 6.54 Å². The van der Waals surface area contributed by atoms with E-state index in [0.29, 0.717) is 28.3 Å². The molecule has 0 N–H and O–H groups in total. The van der Waals surface area contributed by atoms with E-state index in [4.69, 9.17) is 16.6 Å². The van der Waals surface area contributed by atoms with Gasteiger partial charge in [0.25, 0.3) is 5.56 Å². The lowest BCUT2D eigenvalue weighted by Crippen LogP contribution is -2.43. The molecule has 0 aliphatic heterocycles. The highest BCUT2D eigenvalue weighted by atomic mass is 35.5. The van der Waals surface area contributed by atoms with Crippen molar-refractivity contribution in [2.24, 2.45) is 5.92 Å². The highest BCUT2D eigenvalue weighted by Gasteiger charge is 2.34. The summed E-state index contributed by atoms with van der Waals surface area (Å²) in [6.45, 7) is 6.77. The van der Waals surface area contributed by atoms with Crippen LogP contribution in [0.5, 0.6) is 0 Å². The van der Waals surface area contributed by atoms with Crippen LogP contribution in [0.25, 0.3) is 16.6 Å². The Balaban J connectivity index is 1.88. The molecule has 0 radical (unpaired) electrons. The second kappa shape index (κ2) is 10.1. The summed E-state index contributed by atoms with van der Waals surface area (Å²) in [5, 5.41) is 1.18. The molecule has 33 heavy (non-hydrogen) atoms. The van der Waals surface area contributed by atoms with E-state index in [1.54, 1.807) is 16.7 Å². The topological polar surface area (TPSA) is 55.2 Å². The van der Waals surface area contributed by atoms with E-state index in [9.17, 15) is 9.59 Å². The number of hydrogen-bond acceptors (Lipinski definition) is 3. The molecule has 1 heterocycles. The summed E-state index contributed by atoms with van der Waals surface area (Å²) < 4.78 is 1.68. The highest BCUT2D eigenvalue weighted by molar-refractivity contribution is 6.30. The summed E-state index contributed by atoms with van der Waals surface area (Å²) in [5.41, 5.74) is 2.15. The zero-order chi connectivity index (χ0) is 23.5. The highest BCUT2D eigenvalue weighted by Crippen LogP contribution is 2.32. The summed E-state index contributed by atoms with van der Waals surface area (Å²) in [4.78, 5) is 34.1. The third-order valence-corrected chi connectivity index (χ3v) is 7.02. The number of rotatable bonds is 8. The maximum Gasteiger partial charge on any atom is 0.266 e. The molecule has 0 spiro atoms. The molecular formula is C27H32ClN3O2. The summed E-state index contributed by atoms with van der Waals surface area (Å²) in [6, 6.07) is 12.6. The number of aryl methyl sites for hydroxylation is 1. The number of hydrogen-bond donors (Lipinski definition) is 0. The molecule has 5 nitrogen and oxygen atoms in total. The van der Waals surface area contributed by atoms with Gasteiger partial charge in [0.2, 0.25) is 5.91 Å². The van der Waals surface area contributed by atoms with Crippen molar-refractivity contribution in [3.8, 4) is 5.69 Å². The zero-order valence-electron chi connectivity index (χ0n) is 19.7. The van der Waals surface area contributed by atoms with Crippen molar-refractivity contribution in [2.45, 2.75) is 65.3 Å². The number of carbonyl (C=O) groups is 1. The Bertz CT molecular complexity index is 1220. The van der Waals surface area contributed by atoms with Crippen molar-refractivity contribution >= 4 is 28.4 Å². The Morgan fingerprint density at radius 3 is 2.64 bits per heavy atom. The molecule has 1 aliphatic rings. The molecule has 1 saturated carbocycles. The molecule has 1 aliphatic carbocycles. The fourth-order valence-electron chi connectivity index (χ4n) is 4.59. The summed E-state index contributed by atoms with van der Waals surface area (Å²) in [5.74, 6) is 0.868. The fourth-order valence-corrected chi connectivity index (χ4v) is 4.82. The molecule has 0 bridgehead atoms. The van der Waals surface area contributed by atoms with Crippen LogP contribution in [0.4, 0.5) is 0 Å². The first-order valence-electron chi connectivity index (χ1n) is 12.0. The van der Waals surface area contributed by atoms with E-state index in [0.717, 1.165) is 49.8 Å². The van der Waals surface area contributed by atoms with Crippen molar-refractivity contribution in [1.29, 1.82) is 0 Å². The van der Waals surface area contributed by atoms with Crippen molar-refractivity contribution in [1.82, 2.24) is 14.5 Å². The van der Waals surface area contributed by atoms with E-state index in [2.05, 4.69) is 6.92 Å². The molecule has 1 fully saturated rings. The van der Waals surface area contributed by atoms with E-state index in [1.165, 1.54) is 0 Å². The maximum atomic E-state index is 13.7. The smallest absolute Gasteiger partial charge is 0.266 e. The molecule has 1 amide bonds. The summed E-state index contributed by atoms with van der Waals surface area (Å²) in [7, 11) is 0. The average Bonchev–Trinajstić information content (AvgIpc) is 2.76. The van der Waals surface area contributed by atoms with Crippen LogP contribution in [0.1, 0.15) is 69.8 Å². The largest absolute Gasteiger partial charge is 0.333 e. The molecule has 1 unspecified atom stereocenters. The second-order valence-corrected chi connectivity index (χ2v) is 9.54. The van der Waals surface area contributed by atoms with Gasteiger partial charge < -0.3 is 4.90 Å². The lowest BCUT2D eigenvalue weighted by Gasteiger charge is -2.36. The number of para-hydroxylation sites is 1. The summed E-state index contributed by atoms with van der Waals surface area (Å²) in [6.07, 6.45) is 6.10. The van der Waals surface area contributed by atoms with Gasteiger partial charge in [-0.15, -0.1) is 0 Å². The van der Waals surface area contributed by atoms with Crippen molar-refractivity contribution in [3.63, 3.8) is 0 Å². The van der Waals surface area contributed by atoms with Crippen molar-refractivity contribution in [3.05, 3.63) is 69.2 Å². The Kier molecular flexibility index (Phi) is 7.18. The molecular weight excluding hydrogens is 434 g/mol. The van der Waals surface area contributed by atoms with Gasteiger partial charge in [-0.1, -0.05) is 49.9 Å². The lowest BCUT2D eigenvalue weighted by molar-refractivity contribution is -0.140. The van der Waals surface area contributed by atoms with Gasteiger partial charge in [-0.2, -0.15) is 0 Å². The predicted octanol–water partition coefficient (Wildman–Crippen LogP) is 6.23. The third-order valence-electron chi connectivity index (χ3n) is 6.78. The first-order valence-corrected chi connectivity index (χ1v) is 12.4. The number of halogens is 1. The fraction of sp³-hybridized carbons (Fsp3) is 0.444. The van der Waals surface area contributed by atoms with Gasteiger partial charge in [0.05, 0.1) is 22.6 Å². The SMILES string of the molecule is CCCCCN(C(=O)C1CCC1)C(C)c1nc2ccccc2c(=O)n1-c1ccc(Cl)cc1C.